The highest BCUT2D eigenvalue weighted by atomic mass is 32.2. The maximum Gasteiger partial charge on any atom is 0.242 e. The molecule has 0 bridgehead atoms. The zero-order valence-corrected chi connectivity index (χ0v) is 12.2. The van der Waals surface area contributed by atoms with Crippen LogP contribution in [0.15, 0.2) is 0 Å². The minimum Gasteiger partial charge on any atom is -0.339 e. The molecule has 0 saturated carbocycles. The first-order valence-corrected chi connectivity index (χ1v) is 8.26. The highest BCUT2D eigenvalue weighted by Gasteiger charge is 2.20. The molecule has 19 heavy (non-hydrogen) atoms. The fourth-order valence-corrected chi connectivity index (χ4v) is 2.31. The van der Waals surface area contributed by atoms with Gasteiger partial charge in [0.05, 0.1) is 12.3 Å². The van der Waals surface area contributed by atoms with Crippen molar-refractivity contribution in [3.05, 3.63) is 0 Å². The Balaban J connectivity index is 2.38. The molecule has 1 fully saturated rings. The van der Waals surface area contributed by atoms with E-state index >= 15 is 0 Å². The number of likely N-dealkylation sites (N-methyl/N-ethyl adjacent to an activating group) is 1. The zero-order valence-electron chi connectivity index (χ0n) is 11.4. The number of carbonyl (C=O) groups excluding carboxylic acids is 2. The number of nitrogens with one attached hydrogen (secondary N) is 1. The molecule has 0 atom stereocenters. The number of rotatable bonds is 5. The molecule has 1 heterocycles. The first-order valence-electron chi connectivity index (χ1n) is 6.20. The van der Waals surface area contributed by atoms with Gasteiger partial charge < -0.3 is 15.1 Å². The van der Waals surface area contributed by atoms with E-state index in [1.54, 1.807) is 4.90 Å². The van der Waals surface area contributed by atoms with Crippen molar-refractivity contribution >= 4 is 21.7 Å². The monoisotopic (exact) mass is 291 g/mol. The van der Waals surface area contributed by atoms with Crippen molar-refractivity contribution in [3.63, 3.8) is 0 Å². The summed E-state index contributed by atoms with van der Waals surface area (Å²) in [4.78, 5) is 26.6. The van der Waals surface area contributed by atoms with Crippen molar-refractivity contribution in [2.24, 2.45) is 0 Å². The van der Waals surface area contributed by atoms with Crippen molar-refractivity contribution < 1.29 is 18.0 Å². The van der Waals surface area contributed by atoms with Crippen LogP contribution < -0.4 is 5.32 Å². The van der Waals surface area contributed by atoms with E-state index in [9.17, 15) is 18.0 Å². The van der Waals surface area contributed by atoms with E-state index in [0.717, 1.165) is 19.3 Å². The second-order valence-corrected chi connectivity index (χ2v) is 7.02. The summed E-state index contributed by atoms with van der Waals surface area (Å²) in [5.41, 5.74) is 0. The Morgan fingerprint density at radius 3 is 2.37 bits per heavy atom. The largest absolute Gasteiger partial charge is 0.339 e. The van der Waals surface area contributed by atoms with Gasteiger partial charge in [-0.2, -0.15) is 0 Å². The van der Waals surface area contributed by atoms with Crippen molar-refractivity contribution in [2.75, 3.05) is 51.8 Å². The number of piperazine rings is 1. The van der Waals surface area contributed by atoms with Crippen LogP contribution in [0, 0.1) is 0 Å². The average molecular weight is 291 g/mol. The lowest BCUT2D eigenvalue weighted by Gasteiger charge is -2.29. The van der Waals surface area contributed by atoms with Crippen LogP contribution in [-0.4, -0.2) is 81.8 Å². The molecule has 0 spiro atoms. The van der Waals surface area contributed by atoms with Gasteiger partial charge in [-0.15, -0.1) is 0 Å². The second kappa shape index (κ2) is 6.85. The summed E-state index contributed by atoms with van der Waals surface area (Å²) in [6.45, 7) is 2.81. The molecule has 0 aliphatic carbocycles. The van der Waals surface area contributed by atoms with E-state index in [-0.39, 0.29) is 30.5 Å². The fourth-order valence-electron chi connectivity index (χ4n) is 1.77. The molecule has 1 saturated heterocycles. The van der Waals surface area contributed by atoms with Crippen molar-refractivity contribution in [2.45, 2.75) is 6.42 Å². The van der Waals surface area contributed by atoms with Gasteiger partial charge in [0.1, 0.15) is 9.84 Å². The van der Waals surface area contributed by atoms with Gasteiger partial charge in [0.25, 0.3) is 0 Å². The summed E-state index contributed by atoms with van der Waals surface area (Å²) in [5.74, 6) is -0.608. The smallest absolute Gasteiger partial charge is 0.242 e. The van der Waals surface area contributed by atoms with Crippen LogP contribution in [0.5, 0.6) is 0 Å². The Labute approximate surface area is 113 Å². The highest BCUT2D eigenvalue weighted by molar-refractivity contribution is 7.90. The van der Waals surface area contributed by atoms with E-state index in [4.69, 9.17) is 0 Å². The maximum atomic E-state index is 11.9. The topological polar surface area (TPSA) is 86.8 Å². The number of hydrogen-bond acceptors (Lipinski definition) is 5. The molecular formula is C11H21N3O4S. The summed E-state index contributed by atoms with van der Waals surface area (Å²) < 4.78 is 21.9. The molecule has 7 nitrogen and oxygen atoms in total. The third-order valence-electron chi connectivity index (χ3n) is 2.95. The molecule has 0 aromatic carbocycles. The Morgan fingerprint density at radius 2 is 1.84 bits per heavy atom. The highest BCUT2D eigenvalue weighted by Crippen LogP contribution is 1.99. The average Bonchev–Trinajstić information content (AvgIpc) is 2.36. The lowest BCUT2D eigenvalue weighted by Crippen LogP contribution is -2.49. The number of carbonyl (C=O) groups is 2. The third-order valence-corrected chi connectivity index (χ3v) is 3.90. The molecule has 0 unspecified atom stereocenters. The lowest BCUT2D eigenvalue weighted by molar-refractivity contribution is -0.139. The SMILES string of the molecule is CN(CC(=O)N1CCNCC1)C(=O)CCS(C)(=O)=O. The standard InChI is InChI=1S/C11H21N3O4S/c1-13(10(15)3-8-19(2,17)18)9-11(16)14-6-4-12-5-7-14/h12H,3-9H2,1-2H3. The number of nitrogens with zero attached hydrogens (tertiary/aromatic N) is 2. The third kappa shape index (κ3) is 6.02. The summed E-state index contributed by atoms with van der Waals surface area (Å²) >= 11 is 0. The summed E-state index contributed by atoms with van der Waals surface area (Å²) in [5, 5.41) is 3.14. The molecule has 0 radical (unpaired) electrons. The minimum atomic E-state index is -3.15. The van der Waals surface area contributed by atoms with Crippen LogP contribution in [0.25, 0.3) is 0 Å². The van der Waals surface area contributed by atoms with Crippen molar-refractivity contribution in [3.8, 4) is 0 Å². The molecule has 1 aliphatic rings. The Kier molecular flexibility index (Phi) is 5.74. The lowest BCUT2D eigenvalue weighted by atomic mass is 10.3. The molecule has 8 heteroatoms. The molecule has 1 aliphatic heterocycles. The summed E-state index contributed by atoms with van der Waals surface area (Å²) in [6, 6.07) is 0. The Morgan fingerprint density at radius 1 is 1.26 bits per heavy atom. The molecule has 0 aromatic heterocycles. The van der Waals surface area contributed by atoms with Gasteiger partial charge in [0.2, 0.25) is 11.8 Å². The van der Waals surface area contributed by atoms with Crippen molar-refractivity contribution in [1.82, 2.24) is 15.1 Å². The van der Waals surface area contributed by atoms with Gasteiger partial charge >= 0.3 is 0 Å². The molecule has 1 rings (SSSR count). The molecule has 1 N–H and O–H groups in total. The van der Waals surface area contributed by atoms with Crippen LogP contribution in [0.1, 0.15) is 6.42 Å². The predicted octanol–water partition coefficient (Wildman–Crippen LogP) is -1.69. The van der Waals surface area contributed by atoms with Gasteiger partial charge in [0, 0.05) is 45.9 Å². The van der Waals surface area contributed by atoms with Crippen LogP contribution >= 0.6 is 0 Å². The molecule has 2 amide bonds. The molecular weight excluding hydrogens is 270 g/mol. The van der Waals surface area contributed by atoms with Gasteiger partial charge in [-0.25, -0.2) is 8.42 Å². The van der Waals surface area contributed by atoms with Gasteiger partial charge in [-0.1, -0.05) is 0 Å². The second-order valence-electron chi connectivity index (χ2n) is 4.76. The fraction of sp³-hybridized carbons (Fsp3) is 0.818. The van der Waals surface area contributed by atoms with Gasteiger partial charge in [-0.05, 0) is 0 Å². The van der Waals surface area contributed by atoms with Crippen LogP contribution in [0.4, 0.5) is 0 Å². The van der Waals surface area contributed by atoms with E-state index in [1.165, 1.54) is 11.9 Å². The Bertz CT molecular complexity index is 429. The van der Waals surface area contributed by atoms with Crippen molar-refractivity contribution in [1.29, 1.82) is 0 Å². The van der Waals surface area contributed by atoms with Crippen LogP contribution in [0.3, 0.4) is 0 Å². The number of amides is 2. The normalized spacial score (nSPS) is 16.2. The molecule has 0 aromatic rings. The summed E-state index contributed by atoms with van der Waals surface area (Å²) in [6.07, 6.45) is 1.01. The first kappa shape index (κ1) is 15.9. The first-order chi connectivity index (χ1) is 8.79. The van der Waals surface area contributed by atoms with Gasteiger partial charge in [-0.3, -0.25) is 9.59 Å². The maximum absolute atomic E-state index is 11.9. The Hall–Kier alpha value is -1.15. The van der Waals surface area contributed by atoms with E-state index in [0.29, 0.717) is 13.1 Å². The van der Waals surface area contributed by atoms with E-state index < -0.39 is 9.84 Å². The van der Waals surface area contributed by atoms with Crippen LogP contribution in [0.2, 0.25) is 0 Å². The summed E-state index contributed by atoms with van der Waals surface area (Å²) in [7, 11) is -1.63. The zero-order chi connectivity index (χ0) is 14.5. The quantitative estimate of drug-likeness (QED) is 0.653. The number of sulfone groups is 1. The molecule has 110 valence electrons. The number of hydrogen-bond donors (Lipinski definition) is 1. The van der Waals surface area contributed by atoms with E-state index in [2.05, 4.69) is 5.32 Å². The van der Waals surface area contributed by atoms with Gasteiger partial charge in [0.15, 0.2) is 0 Å². The van der Waals surface area contributed by atoms with E-state index in [1.807, 2.05) is 0 Å². The predicted molar refractivity (Wildman–Crippen MR) is 71.4 cm³/mol. The van der Waals surface area contributed by atoms with Crippen LogP contribution in [-0.2, 0) is 19.4 Å². The minimum absolute atomic E-state index is 0.00257.